The van der Waals surface area contributed by atoms with Crippen LogP contribution in [0, 0.1) is 5.41 Å². The Labute approximate surface area is 221 Å². The molecule has 0 bridgehead atoms. The second kappa shape index (κ2) is 11.9. The van der Waals surface area contributed by atoms with Crippen LogP contribution in [0.3, 0.4) is 0 Å². The zero-order valence-corrected chi connectivity index (χ0v) is 21.7. The summed E-state index contributed by atoms with van der Waals surface area (Å²) >= 11 is 0. The van der Waals surface area contributed by atoms with Crippen LogP contribution < -0.4 is 10.5 Å². The van der Waals surface area contributed by atoms with Crippen molar-refractivity contribution in [1.29, 1.82) is 5.41 Å². The van der Waals surface area contributed by atoms with Crippen LogP contribution in [0.5, 0.6) is 5.75 Å². The number of carbonyl (C=O) groups is 3. The lowest BCUT2D eigenvalue weighted by Crippen LogP contribution is -2.40. The summed E-state index contributed by atoms with van der Waals surface area (Å²) in [5.74, 6) is -0.182. The van der Waals surface area contributed by atoms with E-state index in [-0.39, 0.29) is 43.2 Å². The monoisotopic (exact) mass is 526 g/mol. The lowest BCUT2D eigenvalue weighted by Gasteiger charge is -2.20. The normalized spacial score (nSPS) is 12.5. The Bertz CT molecular complexity index is 1310. The molecule has 10 heteroatoms. The number of hydrogen-bond acceptors (Lipinski definition) is 6. The summed E-state index contributed by atoms with van der Waals surface area (Å²) in [5, 5.41) is 8.19. The molecular formula is C27H31ClN4O5. The van der Waals surface area contributed by atoms with E-state index in [0.717, 1.165) is 23.9 Å². The molecule has 3 N–H and O–H groups in total. The zero-order chi connectivity index (χ0) is 25.8. The Morgan fingerprint density at radius 3 is 2.46 bits per heavy atom. The second-order valence-electron chi connectivity index (χ2n) is 8.90. The maximum Gasteiger partial charge on any atom is 0.416 e. The van der Waals surface area contributed by atoms with E-state index < -0.39 is 12.1 Å². The molecule has 3 aromatic rings. The minimum atomic E-state index is -0.609. The second-order valence-corrected chi connectivity index (χ2v) is 8.90. The van der Waals surface area contributed by atoms with Gasteiger partial charge in [0.2, 0.25) is 0 Å². The number of fused-ring (bicyclic) bond motifs is 1. The number of carbonyl (C=O) groups excluding carboxylic acids is 3. The van der Waals surface area contributed by atoms with Gasteiger partial charge in [-0.15, -0.1) is 12.4 Å². The lowest BCUT2D eigenvalue weighted by molar-refractivity contribution is -0.144. The molecule has 2 aromatic carbocycles. The third-order valence-corrected chi connectivity index (χ3v) is 6.20. The van der Waals surface area contributed by atoms with E-state index in [1.165, 1.54) is 4.90 Å². The number of nitrogens with two attached hydrogens (primary N) is 1. The van der Waals surface area contributed by atoms with E-state index in [1.807, 2.05) is 29.8 Å². The minimum Gasteiger partial charge on any atom is -0.465 e. The first-order valence-electron chi connectivity index (χ1n) is 12.0. The van der Waals surface area contributed by atoms with Gasteiger partial charge in [0.25, 0.3) is 0 Å². The fourth-order valence-corrected chi connectivity index (χ4v) is 4.13. The standard InChI is InChI=1S/C27H30N4O5.ClH/c1-3-35-25(33)16-31(19-9-10-19)27(34)36-20-11-12-23-21(14-20)22(15-30(23)2)24(32)13-6-17-4-7-18(8-5-17)26(28)29;/h4-5,7-8,11-12,14-15,19H,3,6,9-10,13,16H2,1-2H3,(H3,28,29);1H. The first-order valence-corrected chi connectivity index (χ1v) is 12.0. The topological polar surface area (TPSA) is 128 Å². The number of ether oxygens (including phenoxy) is 2. The van der Waals surface area contributed by atoms with E-state index in [0.29, 0.717) is 35.1 Å². The van der Waals surface area contributed by atoms with Crippen LogP contribution in [0.4, 0.5) is 4.79 Å². The van der Waals surface area contributed by atoms with Gasteiger partial charge in [0.15, 0.2) is 5.78 Å². The van der Waals surface area contributed by atoms with Crippen molar-refractivity contribution in [2.24, 2.45) is 12.8 Å². The fraction of sp³-hybridized carbons (Fsp3) is 0.333. The molecule has 1 fully saturated rings. The summed E-state index contributed by atoms with van der Waals surface area (Å²) in [4.78, 5) is 39.3. The summed E-state index contributed by atoms with van der Waals surface area (Å²) in [5.41, 5.74) is 8.51. The number of nitrogens with one attached hydrogen (secondary N) is 1. The van der Waals surface area contributed by atoms with E-state index >= 15 is 0 Å². The first kappa shape index (κ1) is 27.7. The van der Waals surface area contributed by atoms with Crippen molar-refractivity contribution >= 4 is 47.0 Å². The fourth-order valence-electron chi connectivity index (χ4n) is 4.13. The van der Waals surface area contributed by atoms with Gasteiger partial charge in [0.05, 0.1) is 6.61 Å². The van der Waals surface area contributed by atoms with E-state index in [2.05, 4.69) is 0 Å². The van der Waals surface area contributed by atoms with Gasteiger partial charge < -0.3 is 19.8 Å². The van der Waals surface area contributed by atoms with E-state index in [1.54, 1.807) is 37.4 Å². The molecule has 1 aliphatic carbocycles. The van der Waals surface area contributed by atoms with E-state index in [4.69, 9.17) is 20.6 Å². The van der Waals surface area contributed by atoms with Gasteiger partial charge in [-0.05, 0) is 49.9 Å². The summed E-state index contributed by atoms with van der Waals surface area (Å²) < 4.78 is 12.4. The molecule has 4 rings (SSSR count). The molecule has 9 nitrogen and oxygen atoms in total. The quantitative estimate of drug-likeness (QED) is 0.176. The molecule has 0 saturated heterocycles. The number of rotatable bonds is 10. The molecule has 0 aliphatic heterocycles. The van der Waals surface area contributed by atoms with Crippen LogP contribution >= 0.6 is 12.4 Å². The molecule has 1 aromatic heterocycles. The van der Waals surface area contributed by atoms with Crippen LogP contribution in [0.1, 0.15) is 47.7 Å². The number of ketones is 1. The molecule has 196 valence electrons. The number of aryl methyl sites for hydroxylation is 2. The Morgan fingerprint density at radius 1 is 1.14 bits per heavy atom. The molecule has 1 aliphatic rings. The molecule has 1 amide bonds. The van der Waals surface area contributed by atoms with Crippen LogP contribution in [-0.4, -0.2) is 52.3 Å². The number of benzene rings is 2. The van der Waals surface area contributed by atoms with Crippen molar-refractivity contribution in [3.63, 3.8) is 0 Å². The number of halogens is 1. The third-order valence-electron chi connectivity index (χ3n) is 6.20. The SMILES string of the molecule is CCOC(=O)CN(C(=O)Oc1ccc2c(c1)c(C(=O)CCc1ccc(C(=N)N)cc1)cn2C)C1CC1.Cl. The summed E-state index contributed by atoms with van der Waals surface area (Å²) in [6.07, 6.45) is 3.67. The maximum atomic E-state index is 13.1. The van der Waals surface area contributed by atoms with Crippen LogP contribution in [-0.2, 0) is 23.0 Å². The molecule has 37 heavy (non-hydrogen) atoms. The Hall–Kier alpha value is -3.85. The van der Waals surface area contributed by atoms with Gasteiger partial charge in [-0.1, -0.05) is 24.3 Å². The summed E-state index contributed by atoms with van der Waals surface area (Å²) in [6.45, 7) is 1.81. The predicted octanol–water partition coefficient (Wildman–Crippen LogP) is 4.23. The molecular weight excluding hydrogens is 496 g/mol. The molecule has 0 unspecified atom stereocenters. The summed E-state index contributed by atoms with van der Waals surface area (Å²) in [6, 6.07) is 12.4. The van der Waals surface area contributed by atoms with Gasteiger partial charge in [-0.2, -0.15) is 0 Å². The average Bonchev–Trinajstić information content (AvgIpc) is 3.64. The van der Waals surface area contributed by atoms with Crippen molar-refractivity contribution in [2.75, 3.05) is 13.2 Å². The van der Waals surface area contributed by atoms with Gasteiger partial charge >= 0.3 is 12.1 Å². The van der Waals surface area contributed by atoms with E-state index in [9.17, 15) is 14.4 Å². The minimum absolute atomic E-state index is 0. The van der Waals surface area contributed by atoms with Gasteiger partial charge in [-0.25, -0.2) is 4.79 Å². The Morgan fingerprint density at radius 2 is 1.84 bits per heavy atom. The highest BCUT2D eigenvalue weighted by molar-refractivity contribution is 6.08. The van der Waals surface area contributed by atoms with Crippen molar-refractivity contribution in [1.82, 2.24) is 9.47 Å². The largest absolute Gasteiger partial charge is 0.465 e. The summed E-state index contributed by atoms with van der Waals surface area (Å²) in [7, 11) is 1.86. The van der Waals surface area contributed by atoms with Gasteiger partial charge in [0, 0.05) is 47.7 Å². The number of hydrogen-bond donors (Lipinski definition) is 2. The Balaban J connectivity index is 0.00000380. The van der Waals surface area contributed by atoms with Gasteiger partial charge in [0.1, 0.15) is 18.1 Å². The molecule has 0 radical (unpaired) electrons. The maximum absolute atomic E-state index is 13.1. The number of nitrogens with zero attached hydrogens (tertiary/aromatic N) is 2. The lowest BCUT2D eigenvalue weighted by atomic mass is 10.0. The smallest absolute Gasteiger partial charge is 0.416 e. The van der Waals surface area contributed by atoms with Gasteiger partial charge in [-0.3, -0.25) is 19.9 Å². The number of esters is 1. The highest BCUT2D eigenvalue weighted by atomic mass is 35.5. The third kappa shape index (κ3) is 6.68. The zero-order valence-electron chi connectivity index (χ0n) is 20.9. The number of Topliss-reactive ketones (excluding diaryl/α,β-unsaturated/α-hetero) is 1. The molecule has 1 heterocycles. The first-order chi connectivity index (χ1) is 17.3. The molecule has 1 saturated carbocycles. The van der Waals surface area contributed by atoms with Crippen molar-refractivity contribution in [3.8, 4) is 5.75 Å². The molecule has 0 atom stereocenters. The highest BCUT2D eigenvalue weighted by Gasteiger charge is 2.35. The highest BCUT2D eigenvalue weighted by Crippen LogP contribution is 2.30. The van der Waals surface area contributed by atoms with Crippen molar-refractivity contribution in [2.45, 2.75) is 38.6 Å². The molecule has 0 spiro atoms. The number of aromatic nitrogens is 1. The number of amides is 1. The van der Waals surface area contributed by atoms with Crippen LogP contribution in [0.15, 0.2) is 48.7 Å². The van der Waals surface area contributed by atoms with Crippen molar-refractivity contribution < 1.29 is 23.9 Å². The number of amidine groups is 1. The predicted molar refractivity (Wildman–Crippen MR) is 143 cm³/mol. The van der Waals surface area contributed by atoms with Crippen LogP contribution in [0.25, 0.3) is 10.9 Å². The number of nitrogen functional groups attached to an aromatic ring is 1. The average molecular weight is 527 g/mol. The van der Waals surface area contributed by atoms with Crippen molar-refractivity contribution in [3.05, 3.63) is 65.4 Å². The van der Waals surface area contributed by atoms with Crippen LogP contribution in [0.2, 0.25) is 0 Å². The Kier molecular flexibility index (Phi) is 8.94.